The predicted molar refractivity (Wildman–Crippen MR) is 141 cm³/mol. The first-order valence-corrected chi connectivity index (χ1v) is 14.7. The van der Waals surface area contributed by atoms with Gasteiger partial charge in [-0.1, -0.05) is 0 Å². The Morgan fingerprint density at radius 1 is 0.884 bits per heavy atom. The van der Waals surface area contributed by atoms with E-state index in [0.717, 1.165) is 71.1 Å². The number of carbonyl (C=O) groups is 6. The molecule has 0 spiro atoms. The molecule has 4 bridgehead atoms. The van der Waals surface area contributed by atoms with Crippen LogP contribution in [0.15, 0.2) is 0 Å². The van der Waals surface area contributed by atoms with Crippen molar-refractivity contribution in [2.45, 2.75) is 114 Å². The Morgan fingerprint density at radius 3 is 1.95 bits per heavy atom. The molecule has 0 aromatic heterocycles. The highest BCUT2D eigenvalue weighted by atomic mass is 16.8. The molecule has 6 rings (SSSR count). The van der Waals surface area contributed by atoms with Crippen molar-refractivity contribution in [3.8, 4) is 0 Å². The quantitative estimate of drug-likeness (QED) is 0.274. The second kappa shape index (κ2) is 11.7. The minimum Gasteiger partial charge on any atom is -0.465 e. The Hall–Kier alpha value is -3.26. The average molecular weight is 610 g/mol. The topological polar surface area (TPSA) is 170 Å². The van der Waals surface area contributed by atoms with Crippen LogP contribution in [0.25, 0.3) is 0 Å². The normalized spacial score (nSPS) is 37.0. The lowest BCUT2D eigenvalue weighted by Gasteiger charge is -2.59. The maximum atomic E-state index is 13.7. The number of ether oxygens (including phenoxy) is 7. The summed E-state index contributed by atoms with van der Waals surface area (Å²) in [6.07, 6.45) is -1.53. The lowest BCUT2D eigenvalue weighted by atomic mass is 9.54. The van der Waals surface area contributed by atoms with Crippen molar-refractivity contribution in [2.24, 2.45) is 17.8 Å². The molecular formula is C29H39NO13. The van der Waals surface area contributed by atoms with Gasteiger partial charge < -0.3 is 33.2 Å². The number of rotatable bonds is 9. The van der Waals surface area contributed by atoms with Gasteiger partial charge >= 0.3 is 30.0 Å². The molecule has 6 fully saturated rings. The van der Waals surface area contributed by atoms with E-state index >= 15 is 0 Å². The lowest BCUT2D eigenvalue weighted by molar-refractivity contribution is -0.354. The van der Waals surface area contributed by atoms with Crippen molar-refractivity contribution >= 4 is 35.9 Å². The van der Waals surface area contributed by atoms with Crippen LogP contribution in [-0.4, -0.2) is 96.3 Å². The van der Waals surface area contributed by atoms with Gasteiger partial charge in [0.1, 0.15) is 24.9 Å². The fraction of sp³-hybridized carbons (Fsp3) is 0.793. The first kappa shape index (κ1) is 31.2. The van der Waals surface area contributed by atoms with Crippen LogP contribution in [0.4, 0.5) is 4.79 Å². The van der Waals surface area contributed by atoms with Crippen LogP contribution < -0.4 is 0 Å². The van der Waals surface area contributed by atoms with Crippen LogP contribution in [-0.2, 0) is 57.1 Å². The van der Waals surface area contributed by atoms with Gasteiger partial charge in [-0.05, 0) is 56.3 Å². The summed E-state index contributed by atoms with van der Waals surface area (Å²) in [7, 11) is 1.17. The number of nitrogens with zero attached hydrogens (tertiary/aromatic N) is 1. The van der Waals surface area contributed by atoms with Crippen molar-refractivity contribution in [2.75, 3.05) is 13.7 Å². The van der Waals surface area contributed by atoms with Gasteiger partial charge in [-0.25, -0.2) is 14.5 Å². The molecule has 0 aromatic carbocycles. The van der Waals surface area contributed by atoms with E-state index < -0.39 is 84.3 Å². The number of carbonyl (C=O) groups excluding carboxylic acids is 6. The van der Waals surface area contributed by atoms with Crippen molar-refractivity contribution in [1.82, 2.24) is 4.90 Å². The van der Waals surface area contributed by atoms with Crippen molar-refractivity contribution in [3.63, 3.8) is 0 Å². The van der Waals surface area contributed by atoms with Crippen molar-refractivity contribution < 1.29 is 61.9 Å². The Balaban J connectivity index is 1.59. The maximum absolute atomic E-state index is 13.7. The van der Waals surface area contributed by atoms with Gasteiger partial charge in [-0.2, -0.15) is 0 Å². The van der Waals surface area contributed by atoms with Crippen LogP contribution in [0.2, 0.25) is 0 Å². The van der Waals surface area contributed by atoms with Gasteiger partial charge in [-0.3, -0.25) is 19.2 Å². The van der Waals surface area contributed by atoms with E-state index in [-0.39, 0.29) is 6.42 Å². The number of amides is 2. The summed E-state index contributed by atoms with van der Waals surface area (Å²) in [5.41, 5.74) is -0.701. The van der Waals surface area contributed by atoms with Gasteiger partial charge in [0, 0.05) is 27.7 Å². The highest BCUT2D eigenvalue weighted by Crippen LogP contribution is 2.59. The van der Waals surface area contributed by atoms with Crippen LogP contribution in [0.3, 0.4) is 0 Å². The number of esters is 4. The lowest BCUT2D eigenvalue weighted by Crippen LogP contribution is -2.69. The molecule has 4 aliphatic carbocycles. The van der Waals surface area contributed by atoms with Gasteiger partial charge in [0.15, 0.2) is 12.2 Å². The van der Waals surface area contributed by atoms with Crippen LogP contribution in [0.5, 0.6) is 0 Å². The molecule has 0 radical (unpaired) electrons. The van der Waals surface area contributed by atoms with E-state index in [4.69, 9.17) is 33.2 Å². The first-order chi connectivity index (χ1) is 20.2. The SMILES string of the molecule is COC(=O)[C@@]1(OC23CC4CC(CC(C4)C2)C3)C[C@@H]2OC(=O)N(C(C)=O)[C@H]2[C@H]([C@H](OC(C)=O)[C@@H](COC(C)=O)OC(C)=O)O1. The van der Waals surface area contributed by atoms with E-state index in [1.807, 2.05) is 0 Å². The number of imide groups is 1. The zero-order valence-electron chi connectivity index (χ0n) is 25.0. The molecule has 4 saturated carbocycles. The zero-order valence-corrected chi connectivity index (χ0v) is 25.0. The molecule has 2 amide bonds. The van der Waals surface area contributed by atoms with E-state index in [9.17, 15) is 28.8 Å². The molecule has 14 heteroatoms. The molecule has 2 aliphatic heterocycles. The van der Waals surface area contributed by atoms with Gasteiger partial charge in [-0.15, -0.1) is 0 Å². The summed E-state index contributed by atoms with van der Waals surface area (Å²) in [5, 5.41) is 0. The van der Waals surface area contributed by atoms with Crippen LogP contribution in [0, 0.1) is 17.8 Å². The van der Waals surface area contributed by atoms with E-state index in [1.54, 1.807) is 0 Å². The molecular weight excluding hydrogens is 570 g/mol. The molecule has 0 aromatic rings. The molecule has 238 valence electrons. The minimum absolute atomic E-state index is 0.299. The third kappa shape index (κ3) is 6.08. The molecule has 2 heterocycles. The highest BCUT2D eigenvalue weighted by molar-refractivity contribution is 5.93. The second-order valence-electron chi connectivity index (χ2n) is 12.6. The first-order valence-electron chi connectivity index (χ1n) is 14.7. The molecule has 6 aliphatic rings. The van der Waals surface area contributed by atoms with Gasteiger partial charge in [0.25, 0.3) is 5.79 Å². The van der Waals surface area contributed by atoms with Gasteiger partial charge in [0.05, 0.1) is 19.1 Å². The average Bonchev–Trinajstić information content (AvgIpc) is 3.22. The zero-order chi connectivity index (χ0) is 31.3. The third-order valence-corrected chi connectivity index (χ3v) is 9.22. The number of methoxy groups -OCH3 is 1. The maximum Gasteiger partial charge on any atom is 0.417 e. The third-order valence-electron chi connectivity index (χ3n) is 9.22. The summed E-state index contributed by atoms with van der Waals surface area (Å²) >= 11 is 0. The van der Waals surface area contributed by atoms with E-state index in [0.29, 0.717) is 17.8 Å². The highest BCUT2D eigenvalue weighted by Gasteiger charge is 2.67. The minimum atomic E-state index is -2.13. The monoisotopic (exact) mass is 609 g/mol. The molecule has 6 atom stereocenters. The van der Waals surface area contributed by atoms with Crippen LogP contribution >= 0.6 is 0 Å². The van der Waals surface area contributed by atoms with E-state index in [1.165, 1.54) is 7.11 Å². The molecule has 0 unspecified atom stereocenters. The Labute approximate surface area is 248 Å². The molecule has 2 saturated heterocycles. The second-order valence-corrected chi connectivity index (χ2v) is 12.6. The molecule has 0 N–H and O–H groups in total. The number of hydrogen-bond donors (Lipinski definition) is 0. The Morgan fingerprint density at radius 2 is 1.47 bits per heavy atom. The van der Waals surface area contributed by atoms with E-state index in [2.05, 4.69) is 0 Å². The van der Waals surface area contributed by atoms with Crippen molar-refractivity contribution in [3.05, 3.63) is 0 Å². The Bertz CT molecular complexity index is 1150. The Kier molecular flexibility index (Phi) is 8.47. The van der Waals surface area contributed by atoms with Crippen molar-refractivity contribution in [1.29, 1.82) is 0 Å². The number of hydrogen-bond acceptors (Lipinski definition) is 13. The summed E-state index contributed by atoms with van der Waals surface area (Å²) in [4.78, 5) is 76.5. The number of fused-ring (bicyclic) bond motifs is 1. The summed E-state index contributed by atoms with van der Waals surface area (Å²) in [6, 6.07) is -1.22. The summed E-state index contributed by atoms with van der Waals surface area (Å²) < 4.78 is 40.3. The largest absolute Gasteiger partial charge is 0.465 e. The summed E-state index contributed by atoms with van der Waals surface area (Å²) in [6.45, 7) is 3.94. The fourth-order valence-corrected chi connectivity index (χ4v) is 8.32. The fourth-order valence-electron chi connectivity index (χ4n) is 8.32. The molecule has 43 heavy (non-hydrogen) atoms. The standard InChI is InChI=1S/C29H39NO13/c1-14(31)30-23-21(41-27(30)36)12-29(26(35)37-5,43-28-9-18-6-19(10-28)8-20(7-18)11-28)42-25(23)24(40-17(4)34)22(39-16(3)33)13-38-15(2)32/h18-25H,6-13H2,1-5H3/t18?,19?,20?,21-,22+,23+,24+,25+,28?,29-/m0/s1. The molecule has 14 nitrogen and oxygen atoms in total. The summed E-state index contributed by atoms with van der Waals surface area (Å²) in [5.74, 6) is -4.72. The smallest absolute Gasteiger partial charge is 0.417 e. The van der Waals surface area contributed by atoms with Gasteiger partial charge in [0.2, 0.25) is 5.91 Å². The predicted octanol–water partition coefficient (Wildman–Crippen LogP) is 1.79. The van der Waals surface area contributed by atoms with Crippen LogP contribution in [0.1, 0.15) is 72.6 Å².